The largest absolute Gasteiger partial charge is 0.350 e. The Balaban J connectivity index is 0.000000227. The lowest BCUT2D eigenvalue weighted by Crippen LogP contribution is -2.52. The van der Waals surface area contributed by atoms with Crippen LogP contribution >= 0.6 is 0 Å². The summed E-state index contributed by atoms with van der Waals surface area (Å²) in [6.07, 6.45) is 3.40. The minimum Gasteiger partial charge on any atom is -0.350 e. The second kappa shape index (κ2) is 13.9. The van der Waals surface area contributed by atoms with Gasteiger partial charge in [-0.05, 0) is 55.4 Å². The number of likely N-dealkylation sites (tertiary alicyclic amines) is 2. The van der Waals surface area contributed by atoms with Crippen LogP contribution in [-0.4, -0.2) is 90.7 Å². The molecule has 3 N–H and O–H groups in total. The molecule has 3 saturated heterocycles. The van der Waals surface area contributed by atoms with E-state index < -0.39 is 30.2 Å². The van der Waals surface area contributed by atoms with Crippen molar-refractivity contribution in [2.24, 2.45) is 35.0 Å². The van der Waals surface area contributed by atoms with E-state index in [2.05, 4.69) is 50.6 Å². The van der Waals surface area contributed by atoms with Crippen LogP contribution in [0.2, 0.25) is 0 Å². The van der Waals surface area contributed by atoms with Crippen molar-refractivity contribution < 1.29 is 28.0 Å². The maximum atomic E-state index is 13.7. The summed E-state index contributed by atoms with van der Waals surface area (Å²) in [6.45, 7) is 14.7. The number of piperidine rings is 2. The van der Waals surface area contributed by atoms with E-state index >= 15 is 0 Å². The van der Waals surface area contributed by atoms with Crippen molar-refractivity contribution >= 4 is 24.1 Å². The molecule has 0 aromatic heterocycles. The van der Waals surface area contributed by atoms with E-state index in [9.17, 15) is 28.0 Å². The molecular formula is C31H50F2N6O4. The topological polar surface area (TPSA) is 135 Å². The number of alkyl halides is 2. The van der Waals surface area contributed by atoms with Gasteiger partial charge in [0, 0.05) is 37.5 Å². The van der Waals surface area contributed by atoms with E-state index in [0.29, 0.717) is 43.2 Å². The lowest BCUT2D eigenvalue weighted by Gasteiger charge is -2.36. The standard InChI is InChI=1S/C17H27F2N3O2.C10H13N3O2.C4H10/c1-4-21-7-11(5-17(18,19)10-21)15(24)20-6-14(23)22-8-12-13(9-22)16(12,2)3;11-5-8(12-6-14)3-7-4-10(1-2-10)13-9(7)15;1-4(2)3/h11-13H,4-10H2,1-3H3,(H,20,24);6-8H,1-4H2,(H,12,14)(H,13,15);4H,1-3H3. The number of hydrogen-bond acceptors (Lipinski definition) is 6. The number of halogens is 2. The van der Waals surface area contributed by atoms with Gasteiger partial charge < -0.3 is 20.9 Å². The summed E-state index contributed by atoms with van der Waals surface area (Å²) in [5.74, 6) is -2.29. The summed E-state index contributed by atoms with van der Waals surface area (Å²) >= 11 is 0. The molecule has 242 valence electrons. The molecule has 4 amide bonds. The zero-order chi connectivity index (χ0) is 32.2. The second-order valence-electron chi connectivity index (χ2n) is 14.2. The summed E-state index contributed by atoms with van der Waals surface area (Å²) < 4.78 is 27.4. The van der Waals surface area contributed by atoms with Crippen LogP contribution in [0, 0.1) is 46.3 Å². The van der Waals surface area contributed by atoms with Crippen molar-refractivity contribution in [3.8, 4) is 6.07 Å². The van der Waals surface area contributed by atoms with Gasteiger partial charge in [0.05, 0.1) is 25.1 Å². The fourth-order valence-corrected chi connectivity index (χ4v) is 6.54. The van der Waals surface area contributed by atoms with Crippen molar-refractivity contribution in [3.05, 3.63) is 0 Å². The SMILES string of the molecule is CC(C)C.CCN1CC(C(=O)NCC(=O)N2CC3C(C2)C3(C)C)CC(F)(F)C1.N#CC(CC1CC2(CC2)NC1=O)NC=O. The van der Waals surface area contributed by atoms with Crippen molar-refractivity contribution in [3.63, 3.8) is 0 Å². The number of rotatable bonds is 8. The third-order valence-corrected chi connectivity index (χ3v) is 9.38. The Morgan fingerprint density at radius 1 is 1.14 bits per heavy atom. The molecule has 5 atom stereocenters. The first-order chi connectivity index (χ1) is 20.1. The molecule has 1 spiro atoms. The van der Waals surface area contributed by atoms with Gasteiger partial charge in [-0.15, -0.1) is 0 Å². The Bertz CT molecular complexity index is 1060. The van der Waals surface area contributed by atoms with Gasteiger partial charge >= 0.3 is 0 Å². The first-order valence-corrected chi connectivity index (χ1v) is 15.6. The van der Waals surface area contributed by atoms with Gasteiger partial charge in [-0.1, -0.05) is 41.5 Å². The number of fused-ring (bicyclic) bond motifs is 1. The maximum absolute atomic E-state index is 13.7. The molecule has 0 radical (unpaired) electrons. The molecule has 3 aliphatic heterocycles. The second-order valence-corrected chi connectivity index (χ2v) is 14.2. The van der Waals surface area contributed by atoms with Crippen LogP contribution in [0.1, 0.15) is 73.6 Å². The molecule has 0 aromatic rings. The van der Waals surface area contributed by atoms with E-state index in [1.54, 1.807) is 16.7 Å². The first-order valence-electron chi connectivity index (χ1n) is 15.6. The van der Waals surface area contributed by atoms with E-state index in [4.69, 9.17) is 5.26 Å². The van der Waals surface area contributed by atoms with Gasteiger partial charge in [-0.2, -0.15) is 5.26 Å². The lowest BCUT2D eigenvalue weighted by molar-refractivity contribution is -0.139. The molecule has 10 nitrogen and oxygen atoms in total. The normalized spacial score (nSPS) is 29.5. The van der Waals surface area contributed by atoms with E-state index in [1.807, 2.05) is 6.07 Å². The number of nitriles is 1. The van der Waals surface area contributed by atoms with Gasteiger partial charge in [-0.3, -0.25) is 24.1 Å². The average Bonchev–Trinajstić information content (AvgIpc) is 3.61. The minimum absolute atomic E-state index is 0.0282. The quantitative estimate of drug-likeness (QED) is 0.363. The highest BCUT2D eigenvalue weighted by Gasteiger charge is 2.62. The third kappa shape index (κ3) is 9.34. The van der Waals surface area contributed by atoms with Crippen LogP contribution in [0.25, 0.3) is 0 Å². The summed E-state index contributed by atoms with van der Waals surface area (Å²) in [4.78, 5) is 49.5. The maximum Gasteiger partial charge on any atom is 0.261 e. The molecule has 0 bridgehead atoms. The average molecular weight is 609 g/mol. The highest BCUT2D eigenvalue weighted by atomic mass is 19.3. The Labute approximate surface area is 254 Å². The Kier molecular flexibility index (Phi) is 11.2. The molecule has 5 fully saturated rings. The molecule has 5 aliphatic rings. The number of amides is 4. The summed E-state index contributed by atoms with van der Waals surface area (Å²) in [6, 6.07) is 1.43. The van der Waals surface area contributed by atoms with Crippen LogP contribution in [0.3, 0.4) is 0 Å². The fourth-order valence-electron chi connectivity index (χ4n) is 6.54. The molecule has 43 heavy (non-hydrogen) atoms. The number of nitrogens with zero attached hydrogens (tertiary/aromatic N) is 3. The van der Waals surface area contributed by atoms with Crippen LogP contribution in [0.4, 0.5) is 8.78 Å². The zero-order valence-corrected chi connectivity index (χ0v) is 26.6. The van der Waals surface area contributed by atoms with Crippen molar-refractivity contribution in [1.82, 2.24) is 25.8 Å². The smallest absolute Gasteiger partial charge is 0.261 e. The summed E-state index contributed by atoms with van der Waals surface area (Å²) in [5.41, 5.74) is 0.375. The van der Waals surface area contributed by atoms with Crippen LogP contribution in [-0.2, 0) is 19.2 Å². The summed E-state index contributed by atoms with van der Waals surface area (Å²) in [7, 11) is 0. The first kappa shape index (κ1) is 34.7. The highest BCUT2D eigenvalue weighted by Crippen LogP contribution is 2.61. The van der Waals surface area contributed by atoms with Crippen molar-refractivity contribution in [1.29, 1.82) is 5.26 Å². The van der Waals surface area contributed by atoms with Crippen LogP contribution in [0.15, 0.2) is 0 Å². The number of carbonyl (C=O) groups is 4. The monoisotopic (exact) mass is 608 g/mol. The van der Waals surface area contributed by atoms with E-state index in [-0.39, 0.29) is 36.4 Å². The Morgan fingerprint density at radius 2 is 1.74 bits per heavy atom. The fraction of sp³-hybridized carbons (Fsp3) is 0.839. The highest BCUT2D eigenvalue weighted by molar-refractivity contribution is 5.86. The van der Waals surface area contributed by atoms with Gasteiger partial charge in [0.15, 0.2) is 0 Å². The zero-order valence-electron chi connectivity index (χ0n) is 26.6. The van der Waals surface area contributed by atoms with Crippen LogP contribution in [0.5, 0.6) is 0 Å². The molecular weight excluding hydrogens is 558 g/mol. The minimum atomic E-state index is -2.85. The van der Waals surface area contributed by atoms with Gasteiger partial charge in [0.25, 0.3) is 5.92 Å². The molecule has 5 unspecified atom stereocenters. The Hall–Kier alpha value is -2.81. The predicted octanol–water partition coefficient (Wildman–Crippen LogP) is 2.54. The summed E-state index contributed by atoms with van der Waals surface area (Å²) in [5, 5.41) is 16.7. The molecule has 12 heteroatoms. The number of carbonyl (C=O) groups excluding carboxylic acids is 4. The van der Waals surface area contributed by atoms with Gasteiger partial charge in [-0.25, -0.2) is 8.78 Å². The lowest BCUT2D eigenvalue weighted by atomic mass is 9.94. The van der Waals surface area contributed by atoms with Gasteiger partial charge in [0.1, 0.15) is 6.04 Å². The molecule has 2 aliphatic carbocycles. The third-order valence-electron chi connectivity index (χ3n) is 9.38. The molecule has 2 saturated carbocycles. The molecule has 0 aromatic carbocycles. The number of hydrogen-bond donors (Lipinski definition) is 3. The molecule has 5 rings (SSSR count). The predicted molar refractivity (Wildman–Crippen MR) is 157 cm³/mol. The van der Waals surface area contributed by atoms with Crippen molar-refractivity contribution in [2.45, 2.75) is 91.1 Å². The molecule has 3 heterocycles. The van der Waals surface area contributed by atoms with Crippen molar-refractivity contribution in [2.75, 3.05) is 39.3 Å². The van der Waals surface area contributed by atoms with E-state index in [0.717, 1.165) is 38.3 Å². The van der Waals surface area contributed by atoms with Crippen LogP contribution < -0.4 is 16.0 Å². The van der Waals surface area contributed by atoms with Gasteiger partial charge in [0.2, 0.25) is 24.1 Å². The Morgan fingerprint density at radius 3 is 2.23 bits per heavy atom. The van der Waals surface area contributed by atoms with E-state index in [1.165, 1.54) is 0 Å². The number of nitrogens with one attached hydrogen (secondary N) is 3.